The molecule has 0 bridgehead atoms. The Labute approximate surface area is 119 Å². The highest BCUT2D eigenvalue weighted by atomic mass is 79.9. The molecular formula is C15H22BrNO. The number of hydrogen-bond donors (Lipinski definition) is 0. The van der Waals surface area contributed by atoms with Gasteiger partial charge in [-0.2, -0.15) is 0 Å². The summed E-state index contributed by atoms with van der Waals surface area (Å²) in [5.74, 6) is 0.259. The Balaban J connectivity index is 2.57. The maximum atomic E-state index is 12.2. The molecule has 0 aliphatic carbocycles. The molecule has 0 saturated heterocycles. The molecular weight excluding hydrogens is 290 g/mol. The van der Waals surface area contributed by atoms with E-state index in [1.54, 1.807) is 0 Å². The summed E-state index contributed by atoms with van der Waals surface area (Å²) >= 11 is 3.39. The molecule has 0 aliphatic heterocycles. The summed E-state index contributed by atoms with van der Waals surface area (Å²) in [6, 6.07) is 10.4. The minimum Gasteiger partial charge on any atom is -0.336 e. The van der Waals surface area contributed by atoms with Crippen molar-refractivity contribution >= 4 is 21.8 Å². The summed E-state index contributed by atoms with van der Waals surface area (Å²) in [7, 11) is 0. The largest absolute Gasteiger partial charge is 0.336 e. The molecule has 1 rings (SSSR count). The van der Waals surface area contributed by atoms with E-state index in [9.17, 15) is 4.79 Å². The molecule has 1 amide bonds. The summed E-state index contributed by atoms with van der Waals surface area (Å²) in [5.41, 5.74) is 1.19. The highest BCUT2D eigenvalue weighted by Crippen LogP contribution is 2.11. The molecule has 1 aromatic carbocycles. The van der Waals surface area contributed by atoms with E-state index < -0.39 is 0 Å². The predicted octanol–water partition coefficient (Wildman–Crippen LogP) is 3.99. The number of alkyl halides is 1. The van der Waals surface area contributed by atoms with Crippen molar-refractivity contribution < 1.29 is 4.79 Å². The van der Waals surface area contributed by atoms with Crippen LogP contribution in [0.1, 0.15) is 38.7 Å². The molecule has 0 aromatic heterocycles. The lowest BCUT2D eigenvalue weighted by Crippen LogP contribution is -2.36. The molecule has 0 spiro atoms. The van der Waals surface area contributed by atoms with Gasteiger partial charge in [0.2, 0.25) is 5.91 Å². The lowest BCUT2D eigenvalue weighted by molar-refractivity contribution is -0.133. The van der Waals surface area contributed by atoms with Crippen molar-refractivity contribution in [2.75, 3.05) is 5.33 Å². The molecule has 0 saturated carbocycles. The van der Waals surface area contributed by atoms with Crippen LogP contribution in [-0.2, 0) is 11.3 Å². The van der Waals surface area contributed by atoms with Gasteiger partial charge in [0.15, 0.2) is 0 Å². The molecule has 2 nitrogen and oxygen atoms in total. The number of hydrogen-bond acceptors (Lipinski definition) is 1. The first-order valence-electron chi connectivity index (χ1n) is 6.54. The van der Waals surface area contributed by atoms with Crippen LogP contribution in [0.25, 0.3) is 0 Å². The van der Waals surface area contributed by atoms with Crippen molar-refractivity contribution in [3.63, 3.8) is 0 Å². The van der Waals surface area contributed by atoms with Crippen LogP contribution in [-0.4, -0.2) is 22.2 Å². The molecule has 0 fully saturated rings. The minimum absolute atomic E-state index is 0.252. The molecule has 100 valence electrons. The normalized spacial score (nSPS) is 10.7. The van der Waals surface area contributed by atoms with Crippen LogP contribution in [0.4, 0.5) is 0 Å². The quantitative estimate of drug-likeness (QED) is 0.551. The monoisotopic (exact) mass is 311 g/mol. The zero-order valence-electron chi connectivity index (χ0n) is 11.2. The molecule has 18 heavy (non-hydrogen) atoms. The summed E-state index contributed by atoms with van der Waals surface area (Å²) in [5, 5.41) is 0.973. The van der Waals surface area contributed by atoms with Crippen molar-refractivity contribution in [1.82, 2.24) is 4.90 Å². The third-order valence-corrected chi connectivity index (χ3v) is 3.47. The maximum absolute atomic E-state index is 12.2. The molecule has 0 unspecified atom stereocenters. The Kier molecular flexibility index (Phi) is 7.02. The number of rotatable bonds is 7. The number of carbonyl (C=O) groups excluding carboxylic acids is 1. The Hall–Kier alpha value is -0.830. The van der Waals surface area contributed by atoms with Gasteiger partial charge in [-0.25, -0.2) is 0 Å². The Morgan fingerprint density at radius 2 is 1.89 bits per heavy atom. The second-order valence-electron chi connectivity index (χ2n) is 4.75. The molecule has 1 aromatic rings. The molecule has 0 radical (unpaired) electrons. The fraction of sp³-hybridized carbons (Fsp3) is 0.533. The van der Waals surface area contributed by atoms with Crippen LogP contribution in [0.5, 0.6) is 0 Å². The molecule has 0 heterocycles. The predicted molar refractivity (Wildman–Crippen MR) is 79.8 cm³/mol. The number of halogens is 1. The van der Waals surface area contributed by atoms with Gasteiger partial charge in [-0.3, -0.25) is 4.79 Å². The van der Waals surface area contributed by atoms with Gasteiger partial charge in [0, 0.05) is 24.3 Å². The van der Waals surface area contributed by atoms with Gasteiger partial charge in [0.25, 0.3) is 0 Å². The first-order valence-corrected chi connectivity index (χ1v) is 7.66. The molecule has 0 N–H and O–H groups in total. The number of nitrogens with zero attached hydrogens (tertiary/aromatic N) is 1. The van der Waals surface area contributed by atoms with Crippen molar-refractivity contribution in [2.45, 2.75) is 45.7 Å². The van der Waals surface area contributed by atoms with Crippen molar-refractivity contribution in [3.8, 4) is 0 Å². The van der Waals surface area contributed by atoms with Gasteiger partial charge in [-0.15, -0.1) is 0 Å². The van der Waals surface area contributed by atoms with E-state index in [1.807, 2.05) is 23.1 Å². The SMILES string of the molecule is CC(C)N(Cc1ccccc1)C(=O)CCCCBr. The zero-order valence-corrected chi connectivity index (χ0v) is 12.8. The van der Waals surface area contributed by atoms with E-state index in [1.165, 1.54) is 5.56 Å². The Bertz CT molecular complexity index is 351. The Morgan fingerprint density at radius 1 is 1.22 bits per heavy atom. The van der Waals surface area contributed by atoms with Crippen LogP contribution in [0, 0.1) is 0 Å². The Morgan fingerprint density at radius 3 is 2.44 bits per heavy atom. The summed E-state index contributed by atoms with van der Waals surface area (Å²) < 4.78 is 0. The number of benzene rings is 1. The molecule has 3 heteroatoms. The van der Waals surface area contributed by atoms with Crippen LogP contribution in [0.3, 0.4) is 0 Å². The second kappa shape index (κ2) is 8.30. The highest BCUT2D eigenvalue weighted by molar-refractivity contribution is 9.09. The van der Waals surface area contributed by atoms with Crippen molar-refractivity contribution in [2.24, 2.45) is 0 Å². The molecule has 0 aliphatic rings. The van der Waals surface area contributed by atoms with E-state index >= 15 is 0 Å². The number of amides is 1. The van der Waals surface area contributed by atoms with Crippen LogP contribution >= 0.6 is 15.9 Å². The first kappa shape index (κ1) is 15.2. The standard InChI is InChI=1S/C15H22BrNO/c1-13(2)17(15(18)10-6-7-11-16)12-14-8-4-3-5-9-14/h3-5,8-9,13H,6-7,10-12H2,1-2H3. The summed E-state index contributed by atoms with van der Waals surface area (Å²) in [4.78, 5) is 14.1. The first-order chi connectivity index (χ1) is 8.65. The minimum atomic E-state index is 0.252. The van der Waals surface area contributed by atoms with E-state index in [2.05, 4.69) is 41.9 Å². The van der Waals surface area contributed by atoms with E-state index in [4.69, 9.17) is 0 Å². The van der Waals surface area contributed by atoms with E-state index in [-0.39, 0.29) is 11.9 Å². The third kappa shape index (κ3) is 5.21. The van der Waals surface area contributed by atoms with Crippen LogP contribution in [0.15, 0.2) is 30.3 Å². The van der Waals surface area contributed by atoms with Gasteiger partial charge in [0.1, 0.15) is 0 Å². The lowest BCUT2D eigenvalue weighted by atomic mass is 10.1. The maximum Gasteiger partial charge on any atom is 0.223 e. The second-order valence-corrected chi connectivity index (χ2v) is 5.54. The van der Waals surface area contributed by atoms with Crippen molar-refractivity contribution in [1.29, 1.82) is 0 Å². The topological polar surface area (TPSA) is 20.3 Å². The zero-order chi connectivity index (χ0) is 13.4. The van der Waals surface area contributed by atoms with Gasteiger partial charge >= 0.3 is 0 Å². The number of carbonyl (C=O) groups is 1. The van der Waals surface area contributed by atoms with Gasteiger partial charge < -0.3 is 4.90 Å². The molecule has 0 atom stereocenters. The third-order valence-electron chi connectivity index (χ3n) is 2.91. The smallest absolute Gasteiger partial charge is 0.223 e. The van der Waals surface area contributed by atoms with Crippen LogP contribution in [0.2, 0.25) is 0 Å². The fourth-order valence-electron chi connectivity index (χ4n) is 1.85. The van der Waals surface area contributed by atoms with Gasteiger partial charge in [0.05, 0.1) is 0 Å². The summed E-state index contributed by atoms with van der Waals surface area (Å²) in [6.07, 6.45) is 2.67. The van der Waals surface area contributed by atoms with Gasteiger partial charge in [-0.05, 0) is 32.3 Å². The van der Waals surface area contributed by atoms with Crippen LogP contribution < -0.4 is 0 Å². The van der Waals surface area contributed by atoms with Crippen molar-refractivity contribution in [3.05, 3.63) is 35.9 Å². The summed E-state index contributed by atoms with van der Waals surface area (Å²) in [6.45, 7) is 4.86. The fourth-order valence-corrected chi connectivity index (χ4v) is 2.25. The van der Waals surface area contributed by atoms with E-state index in [0.717, 1.165) is 18.2 Å². The highest BCUT2D eigenvalue weighted by Gasteiger charge is 2.16. The van der Waals surface area contributed by atoms with E-state index in [0.29, 0.717) is 13.0 Å². The number of unbranched alkanes of at least 4 members (excludes halogenated alkanes) is 1. The average molecular weight is 312 g/mol. The van der Waals surface area contributed by atoms with Gasteiger partial charge in [-0.1, -0.05) is 46.3 Å². The lowest BCUT2D eigenvalue weighted by Gasteiger charge is -2.27. The average Bonchev–Trinajstić information content (AvgIpc) is 2.37.